The molecular formula is C16H7F15N6. The molecule has 0 aliphatic rings. The molecule has 21 heteroatoms. The van der Waals surface area contributed by atoms with E-state index in [-0.39, 0.29) is 50.8 Å². The molecule has 0 fully saturated rings. The van der Waals surface area contributed by atoms with Gasteiger partial charge >= 0.3 is 36.3 Å². The first-order chi connectivity index (χ1) is 16.5. The van der Waals surface area contributed by atoms with Gasteiger partial charge in [-0.1, -0.05) is 0 Å². The van der Waals surface area contributed by atoms with Crippen molar-refractivity contribution in [2.24, 2.45) is 0 Å². The lowest BCUT2D eigenvalue weighted by atomic mass is 10.2. The zero-order valence-electron chi connectivity index (χ0n) is 16.9. The summed E-state index contributed by atoms with van der Waals surface area (Å²) < 4.78 is 196. The second-order valence-electron chi connectivity index (χ2n) is 7.11. The van der Waals surface area contributed by atoms with Gasteiger partial charge in [-0.15, -0.1) is 0 Å². The van der Waals surface area contributed by atoms with Crippen LogP contribution < -0.4 is 0 Å². The molecular weight excluding hydrogens is 561 g/mol. The summed E-state index contributed by atoms with van der Waals surface area (Å²) in [6, 6.07) is 0.0534. The molecule has 3 aromatic rings. The predicted octanol–water partition coefficient (Wildman–Crippen LogP) is 5.79. The number of rotatable bonds is 6. The van der Waals surface area contributed by atoms with Crippen molar-refractivity contribution in [2.45, 2.75) is 42.6 Å². The second kappa shape index (κ2) is 8.30. The minimum Gasteiger partial charge on any atom is -0.227 e. The highest BCUT2D eigenvalue weighted by Crippen LogP contribution is 2.45. The quantitative estimate of drug-likeness (QED) is 0.354. The van der Waals surface area contributed by atoms with Gasteiger partial charge in [0.25, 0.3) is 0 Å². The Bertz CT molecular complexity index is 1090. The van der Waals surface area contributed by atoms with Gasteiger partial charge < -0.3 is 0 Å². The van der Waals surface area contributed by atoms with Gasteiger partial charge in [-0.2, -0.15) is 81.2 Å². The van der Waals surface area contributed by atoms with Gasteiger partial charge in [-0.25, -0.2) is 14.0 Å². The molecule has 0 radical (unpaired) electrons. The van der Waals surface area contributed by atoms with Crippen LogP contribution in [0.15, 0.2) is 36.8 Å². The Balaban J connectivity index is 2.17. The highest BCUT2D eigenvalue weighted by Gasteiger charge is 2.62. The molecule has 0 aliphatic heterocycles. The molecule has 3 heterocycles. The van der Waals surface area contributed by atoms with E-state index in [1.807, 2.05) is 0 Å². The minimum atomic E-state index is -6.22. The summed E-state index contributed by atoms with van der Waals surface area (Å²) in [5, 5.41) is 8.54. The van der Waals surface area contributed by atoms with Gasteiger partial charge in [0, 0.05) is 18.6 Å². The molecule has 0 aliphatic carbocycles. The standard InChI is InChI=1S/C16H7F15N6/c17-11(18,14(23,24)25)7-1-4-35(32-7)10(36-5-2-8(33-36)12(19,20)15(26,27)28)37-6-3-9(34-37)13(21,22)16(29,30)31/h1-6,10H. The van der Waals surface area contributed by atoms with E-state index >= 15 is 0 Å². The third-order valence-electron chi connectivity index (χ3n) is 4.57. The molecule has 6 nitrogen and oxygen atoms in total. The topological polar surface area (TPSA) is 53.5 Å². The first-order valence-electron chi connectivity index (χ1n) is 9.02. The molecule has 0 bridgehead atoms. The first-order valence-corrected chi connectivity index (χ1v) is 9.02. The molecule has 0 N–H and O–H groups in total. The molecule has 0 atom stereocenters. The van der Waals surface area contributed by atoms with Crippen LogP contribution in [0.25, 0.3) is 0 Å². The van der Waals surface area contributed by atoms with Crippen molar-refractivity contribution in [2.75, 3.05) is 0 Å². The summed E-state index contributed by atoms with van der Waals surface area (Å²) in [6.07, 6.45) is -20.3. The predicted molar refractivity (Wildman–Crippen MR) is 86.4 cm³/mol. The van der Waals surface area contributed by atoms with Gasteiger partial charge in [0.2, 0.25) is 6.29 Å². The average Bonchev–Trinajstić information content (AvgIpc) is 3.47. The first kappa shape index (κ1) is 28.2. The third kappa shape index (κ3) is 4.69. The number of alkyl halides is 15. The smallest absolute Gasteiger partial charge is 0.227 e. The Morgan fingerprint density at radius 1 is 0.432 bits per heavy atom. The fraction of sp³-hybridized carbons (Fsp3) is 0.438. The maximum atomic E-state index is 13.6. The number of halogens is 15. The monoisotopic (exact) mass is 568 g/mol. The lowest BCUT2D eigenvalue weighted by molar-refractivity contribution is -0.291. The Kier molecular flexibility index (Phi) is 6.31. The molecule has 37 heavy (non-hydrogen) atoms. The Morgan fingerprint density at radius 2 is 0.649 bits per heavy atom. The fourth-order valence-electron chi connectivity index (χ4n) is 2.70. The SMILES string of the molecule is FC(F)(F)C(F)(F)c1ccn(C(n2ccc(C(F)(F)C(F)(F)F)n2)n2ccc(C(F)(F)C(F)(F)F)n2)n1. The summed E-state index contributed by atoms with van der Waals surface area (Å²) in [5.41, 5.74) is -6.15. The molecule has 3 aromatic heterocycles. The lowest BCUT2D eigenvalue weighted by Gasteiger charge is -2.21. The van der Waals surface area contributed by atoms with Crippen molar-refractivity contribution in [3.8, 4) is 0 Å². The number of aromatic nitrogens is 6. The van der Waals surface area contributed by atoms with Crippen LogP contribution in [0.1, 0.15) is 23.4 Å². The van der Waals surface area contributed by atoms with Crippen molar-refractivity contribution < 1.29 is 65.9 Å². The number of hydrogen-bond donors (Lipinski definition) is 0. The molecule has 0 spiro atoms. The summed E-state index contributed by atoms with van der Waals surface area (Å²) in [5.74, 6) is -16.9. The van der Waals surface area contributed by atoms with Crippen LogP contribution in [0.5, 0.6) is 0 Å². The average molecular weight is 568 g/mol. The zero-order valence-corrected chi connectivity index (χ0v) is 16.9. The molecule has 0 saturated carbocycles. The molecule has 206 valence electrons. The van der Waals surface area contributed by atoms with Gasteiger partial charge in [0.15, 0.2) is 0 Å². The summed E-state index contributed by atoms with van der Waals surface area (Å²) >= 11 is 0. The highest BCUT2D eigenvalue weighted by molar-refractivity contribution is 5.14. The fourth-order valence-corrected chi connectivity index (χ4v) is 2.70. The summed E-state index contributed by atoms with van der Waals surface area (Å²) in [7, 11) is 0. The van der Waals surface area contributed by atoms with Crippen molar-refractivity contribution in [1.29, 1.82) is 0 Å². The molecule has 0 aromatic carbocycles. The Labute approximate surface area is 192 Å². The van der Waals surface area contributed by atoms with E-state index in [2.05, 4.69) is 15.3 Å². The van der Waals surface area contributed by atoms with Crippen molar-refractivity contribution in [1.82, 2.24) is 29.3 Å². The van der Waals surface area contributed by atoms with Crippen LogP contribution in [-0.4, -0.2) is 47.9 Å². The molecule has 0 unspecified atom stereocenters. The molecule has 0 saturated heterocycles. The second-order valence-corrected chi connectivity index (χ2v) is 7.11. The maximum absolute atomic E-state index is 13.6. The van der Waals surface area contributed by atoms with E-state index in [1.54, 1.807) is 0 Å². The van der Waals surface area contributed by atoms with Crippen LogP contribution in [0.4, 0.5) is 65.9 Å². The lowest BCUT2D eigenvalue weighted by Crippen LogP contribution is -2.36. The van der Waals surface area contributed by atoms with Crippen LogP contribution in [-0.2, 0) is 17.8 Å². The van der Waals surface area contributed by atoms with E-state index < -0.39 is 59.7 Å². The van der Waals surface area contributed by atoms with Gasteiger partial charge in [0.05, 0.1) is 0 Å². The largest absolute Gasteiger partial charge is 0.459 e. The van der Waals surface area contributed by atoms with E-state index in [9.17, 15) is 65.9 Å². The minimum absolute atomic E-state index is 0.0178. The van der Waals surface area contributed by atoms with Crippen LogP contribution in [0.2, 0.25) is 0 Å². The van der Waals surface area contributed by atoms with E-state index in [0.29, 0.717) is 0 Å². The molecule has 0 amide bonds. The summed E-state index contributed by atoms with van der Waals surface area (Å²) in [6.45, 7) is 0. The summed E-state index contributed by atoms with van der Waals surface area (Å²) in [4.78, 5) is 0. The Hall–Kier alpha value is -3.42. The number of nitrogens with zero attached hydrogens (tertiary/aromatic N) is 6. The van der Waals surface area contributed by atoms with E-state index in [4.69, 9.17) is 0 Å². The van der Waals surface area contributed by atoms with Crippen molar-refractivity contribution >= 4 is 0 Å². The molecule has 3 rings (SSSR count). The van der Waals surface area contributed by atoms with Crippen LogP contribution in [0, 0.1) is 0 Å². The van der Waals surface area contributed by atoms with Gasteiger partial charge in [0.1, 0.15) is 17.1 Å². The normalized spacial score (nSPS) is 14.6. The van der Waals surface area contributed by atoms with Crippen LogP contribution in [0.3, 0.4) is 0 Å². The highest BCUT2D eigenvalue weighted by atomic mass is 19.4. The van der Waals surface area contributed by atoms with Gasteiger partial charge in [-0.05, 0) is 18.2 Å². The Morgan fingerprint density at radius 3 is 0.838 bits per heavy atom. The number of hydrogen-bond acceptors (Lipinski definition) is 3. The maximum Gasteiger partial charge on any atom is 0.459 e. The van der Waals surface area contributed by atoms with E-state index in [1.165, 1.54) is 0 Å². The van der Waals surface area contributed by atoms with Gasteiger partial charge in [-0.3, -0.25) is 0 Å². The van der Waals surface area contributed by atoms with E-state index in [0.717, 1.165) is 0 Å². The van der Waals surface area contributed by atoms with Crippen LogP contribution >= 0.6 is 0 Å². The van der Waals surface area contributed by atoms with Crippen molar-refractivity contribution in [3.63, 3.8) is 0 Å². The zero-order chi connectivity index (χ0) is 28.4. The van der Waals surface area contributed by atoms with Crippen molar-refractivity contribution in [3.05, 3.63) is 53.9 Å². The third-order valence-corrected chi connectivity index (χ3v) is 4.57.